The molecule has 0 unspecified atom stereocenters. The molecule has 2 aromatic rings. The second-order valence-corrected chi connectivity index (χ2v) is 7.82. The number of hydrogen-bond donors (Lipinski definition) is 0. The fraction of sp³-hybridized carbons (Fsp3) is 0.500. The van der Waals surface area contributed by atoms with Gasteiger partial charge in [-0.15, -0.1) is 5.10 Å². The molecule has 0 bridgehead atoms. The fourth-order valence-corrected chi connectivity index (χ4v) is 3.70. The predicted octanol–water partition coefficient (Wildman–Crippen LogP) is 2.56. The summed E-state index contributed by atoms with van der Waals surface area (Å²) in [7, 11) is 1.66. The molecular formula is C20H27N5O2S. The van der Waals surface area contributed by atoms with Gasteiger partial charge < -0.3 is 9.80 Å². The molecule has 7 nitrogen and oxygen atoms in total. The van der Waals surface area contributed by atoms with E-state index < -0.39 is 0 Å². The first kappa shape index (κ1) is 20.4. The van der Waals surface area contributed by atoms with Gasteiger partial charge in [0.1, 0.15) is 5.82 Å². The average molecular weight is 402 g/mol. The molecular weight excluding hydrogens is 374 g/mol. The molecule has 8 heteroatoms. The largest absolute Gasteiger partial charge is 0.342 e. The Morgan fingerprint density at radius 1 is 1.14 bits per heavy atom. The van der Waals surface area contributed by atoms with Gasteiger partial charge in [0, 0.05) is 26.1 Å². The number of benzene rings is 1. The lowest BCUT2D eigenvalue weighted by atomic mass is 10.3. The third-order valence-corrected chi connectivity index (χ3v) is 5.62. The summed E-state index contributed by atoms with van der Waals surface area (Å²) in [5, 5.41) is 5.21. The normalized spacial score (nSPS) is 13.4. The molecule has 2 amide bonds. The Bertz CT molecular complexity index is 815. The number of carbonyl (C=O) groups excluding carboxylic acids is 2. The summed E-state index contributed by atoms with van der Waals surface area (Å²) >= 11 is 1.32. The van der Waals surface area contributed by atoms with Crippen molar-refractivity contribution in [3.63, 3.8) is 0 Å². The van der Waals surface area contributed by atoms with E-state index in [4.69, 9.17) is 0 Å². The quantitative estimate of drug-likeness (QED) is 0.604. The third kappa shape index (κ3) is 4.92. The van der Waals surface area contributed by atoms with Crippen LogP contribution in [-0.2, 0) is 9.59 Å². The highest BCUT2D eigenvalue weighted by atomic mass is 32.2. The predicted molar refractivity (Wildman–Crippen MR) is 110 cm³/mol. The molecule has 0 spiro atoms. The van der Waals surface area contributed by atoms with Gasteiger partial charge in [0.05, 0.1) is 18.0 Å². The molecule has 0 N–H and O–H groups in total. The molecule has 0 saturated heterocycles. The van der Waals surface area contributed by atoms with Crippen LogP contribution in [0.15, 0.2) is 35.5 Å². The average Bonchev–Trinajstić information content (AvgIpc) is 3.47. The molecule has 3 rings (SSSR count). The van der Waals surface area contributed by atoms with Crippen molar-refractivity contribution in [2.75, 3.05) is 32.4 Å². The van der Waals surface area contributed by atoms with E-state index in [0.29, 0.717) is 24.2 Å². The van der Waals surface area contributed by atoms with Crippen molar-refractivity contribution in [2.24, 2.45) is 0 Å². The van der Waals surface area contributed by atoms with Crippen molar-refractivity contribution in [1.29, 1.82) is 0 Å². The summed E-state index contributed by atoms with van der Waals surface area (Å²) in [6.07, 6.45) is 2.26. The first-order chi connectivity index (χ1) is 13.5. The van der Waals surface area contributed by atoms with E-state index in [-0.39, 0.29) is 24.1 Å². The van der Waals surface area contributed by atoms with Gasteiger partial charge in [-0.2, -0.15) is 0 Å². The zero-order chi connectivity index (χ0) is 20.1. The van der Waals surface area contributed by atoms with E-state index in [1.165, 1.54) is 16.7 Å². The van der Waals surface area contributed by atoms with Gasteiger partial charge in [0.2, 0.25) is 17.0 Å². The maximum Gasteiger partial charge on any atom is 0.242 e. The molecule has 1 aliphatic rings. The molecule has 1 aromatic carbocycles. The van der Waals surface area contributed by atoms with Crippen LogP contribution in [0.2, 0.25) is 0 Å². The van der Waals surface area contributed by atoms with E-state index in [9.17, 15) is 9.59 Å². The van der Waals surface area contributed by atoms with E-state index in [0.717, 1.165) is 24.4 Å². The zero-order valence-electron chi connectivity index (χ0n) is 16.7. The van der Waals surface area contributed by atoms with Gasteiger partial charge in [-0.3, -0.25) is 9.59 Å². The summed E-state index contributed by atoms with van der Waals surface area (Å²) in [5.74, 6) is 1.49. The van der Waals surface area contributed by atoms with Crippen molar-refractivity contribution in [3.05, 3.63) is 36.2 Å². The van der Waals surface area contributed by atoms with E-state index >= 15 is 0 Å². The standard InChI is InChI=1S/C20H27N5O2S/c1-4-24(5-2)17(26)13-23(3)18(27)14-28-20-21-19(15-11-12-15)25(22-20)16-9-7-6-8-10-16/h6-10,15H,4-5,11-14H2,1-3H3. The Labute approximate surface area is 170 Å². The van der Waals surface area contributed by atoms with Gasteiger partial charge in [-0.1, -0.05) is 30.0 Å². The van der Waals surface area contributed by atoms with Crippen LogP contribution in [0.3, 0.4) is 0 Å². The maximum absolute atomic E-state index is 12.4. The summed E-state index contributed by atoms with van der Waals surface area (Å²) in [5.41, 5.74) is 0.983. The number of rotatable bonds is 9. The lowest BCUT2D eigenvalue weighted by Gasteiger charge is -2.23. The van der Waals surface area contributed by atoms with Crippen molar-refractivity contribution < 1.29 is 9.59 Å². The minimum atomic E-state index is -0.102. The first-order valence-corrected chi connectivity index (χ1v) is 10.7. The monoisotopic (exact) mass is 401 g/mol. The summed E-state index contributed by atoms with van der Waals surface area (Å²) < 4.78 is 1.89. The number of carbonyl (C=O) groups is 2. The van der Waals surface area contributed by atoms with E-state index in [1.54, 1.807) is 11.9 Å². The Balaban J connectivity index is 1.61. The Morgan fingerprint density at radius 3 is 2.43 bits per heavy atom. The molecule has 1 fully saturated rings. The number of amides is 2. The van der Waals surface area contributed by atoms with Crippen molar-refractivity contribution in [2.45, 2.75) is 37.8 Å². The highest BCUT2D eigenvalue weighted by Crippen LogP contribution is 2.40. The number of thioether (sulfide) groups is 1. The highest BCUT2D eigenvalue weighted by molar-refractivity contribution is 7.99. The molecule has 0 radical (unpaired) electrons. The highest BCUT2D eigenvalue weighted by Gasteiger charge is 2.30. The molecule has 0 aliphatic heterocycles. The minimum absolute atomic E-state index is 0.0339. The smallest absolute Gasteiger partial charge is 0.242 e. The number of hydrogen-bond acceptors (Lipinski definition) is 5. The lowest BCUT2D eigenvalue weighted by Crippen LogP contribution is -2.41. The van der Waals surface area contributed by atoms with Crippen molar-refractivity contribution in [3.8, 4) is 5.69 Å². The van der Waals surface area contributed by atoms with Crippen LogP contribution in [-0.4, -0.2) is 68.8 Å². The number of para-hydroxylation sites is 1. The van der Waals surface area contributed by atoms with Crippen LogP contribution in [0.1, 0.15) is 38.4 Å². The molecule has 28 heavy (non-hydrogen) atoms. The van der Waals surface area contributed by atoms with Crippen LogP contribution in [0, 0.1) is 0 Å². The topological polar surface area (TPSA) is 71.3 Å². The Hall–Kier alpha value is -2.35. The summed E-state index contributed by atoms with van der Waals surface area (Å²) in [4.78, 5) is 32.5. The molecule has 1 aromatic heterocycles. The first-order valence-electron chi connectivity index (χ1n) is 9.70. The van der Waals surface area contributed by atoms with Crippen molar-refractivity contribution >= 4 is 23.6 Å². The van der Waals surface area contributed by atoms with E-state index in [2.05, 4.69) is 10.1 Å². The van der Waals surface area contributed by atoms with Gasteiger partial charge >= 0.3 is 0 Å². The SMILES string of the molecule is CCN(CC)C(=O)CN(C)C(=O)CSc1nc(C2CC2)n(-c2ccccc2)n1. The third-order valence-electron chi connectivity index (χ3n) is 4.80. The Kier molecular flexibility index (Phi) is 6.72. The molecule has 1 saturated carbocycles. The zero-order valence-corrected chi connectivity index (χ0v) is 17.5. The second-order valence-electron chi connectivity index (χ2n) is 6.88. The van der Waals surface area contributed by atoms with Crippen LogP contribution in [0.5, 0.6) is 0 Å². The minimum Gasteiger partial charge on any atom is -0.342 e. The molecule has 0 atom stereocenters. The van der Waals surface area contributed by atoms with Gasteiger partial charge in [0.25, 0.3) is 0 Å². The number of likely N-dealkylation sites (N-methyl/N-ethyl adjacent to an activating group) is 2. The molecule has 1 heterocycles. The number of aromatic nitrogens is 3. The van der Waals surface area contributed by atoms with Gasteiger partial charge in [-0.05, 0) is 38.8 Å². The fourth-order valence-electron chi connectivity index (χ4n) is 2.93. The summed E-state index contributed by atoms with van der Waals surface area (Å²) in [6.45, 7) is 5.27. The number of nitrogens with zero attached hydrogens (tertiary/aromatic N) is 5. The van der Waals surface area contributed by atoms with Crippen LogP contribution < -0.4 is 0 Å². The van der Waals surface area contributed by atoms with Crippen molar-refractivity contribution in [1.82, 2.24) is 24.6 Å². The van der Waals surface area contributed by atoms with Gasteiger partial charge in [-0.25, -0.2) is 9.67 Å². The van der Waals surface area contributed by atoms with E-state index in [1.807, 2.05) is 48.9 Å². The van der Waals surface area contributed by atoms with Crippen LogP contribution in [0.4, 0.5) is 0 Å². The molecule has 150 valence electrons. The lowest BCUT2D eigenvalue weighted by molar-refractivity contribution is -0.137. The van der Waals surface area contributed by atoms with Crippen LogP contribution in [0.25, 0.3) is 5.69 Å². The maximum atomic E-state index is 12.4. The van der Waals surface area contributed by atoms with Crippen LogP contribution >= 0.6 is 11.8 Å². The second kappa shape index (κ2) is 9.23. The Morgan fingerprint density at radius 2 is 1.82 bits per heavy atom. The summed E-state index contributed by atoms with van der Waals surface area (Å²) in [6, 6.07) is 9.94. The molecule has 1 aliphatic carbocycles. The van der Waals surface area contributed by atoms with Gasteiger partial charge in [0.15, 0.2) is 0 Å².